The number of benzene rings is 1. The van der Waals surface area contributed by atoms with Gasteiger partial charge >= 0.3 is 12.0 Å². The summed E-state index contributed by atoms with van der Waals surface area (Å²) < 4.78 is 0. The van der Waals surface area contributed by atoms with Gasteiger partial charge in [-0.15, -0.1) is 0 Å². The summed E-state index contributed by atoms with van der Waals surface area (Å²) in [4.78, 5) is 24.0. The molecule has 1 fully saturated rings. The van der Waals surface area contributed by atoms with Crippen LogP contribution in [0.2, 0.25) is 0 Å². The van der Waals surface area contributed by atoms with E-state index in [1.165, 1.54) is 4.90 Å². The minimum Gasteiger partial charge on any atom is -0.480 e. The number of amidine groups is 1. The van der Waals surface area contributed by atoms with Crippen molar-refractivity contribution < 1.29 is 14.7 Å². The number of carboxylic acid groups (broad SMARTS) is 1. The van der Waals surface area contributed by atoms with Gasteiger partial charge in [-0.05, 0) is 12.0 Å². The predicted molar refractivity (Wildman–Crippen MR) is 72.6 cm³/mol. The molecule has 1 aliphatic heterocycles. The lowest BCUT2D eigenvalue weighted by Gasteiger charge is -2.35. The Morgan fingerprint density at radius 2 is 2.10 bits per heavy atom. The molecule has 1 atom stereocenters. The summed E-state index contributed by atoms with van der Waals surface area (Å²) >= 11 is 0. The molecule has 7 nitrogen and oxygen atoms in total. The number of hydrogen-bond acceptors (Lipinski definition) is 3. The van der Waals surface area contributed by atoms with Crippen molar-refractivity contribution in [1.82, 2.24) is 10.2 Å². The van der Waals surface area contributed by atoms with E-state index in [-0.39, 0.29) is 24.5 Å². The van der Waals surface area contributed by atoms with Crippen molar-refractivity contribution >= 4 is 17.8 Å². The van der Waals surface area contributed by atoms with Crippen LogP contribution < -0.4 is 11.1 Å². The summed E-state index contributed by atoms with van der Waals surface area (Å²) in [5.74, 6) is -1.08. The van der Waals surface area contributed by atoms with E-state index in [0.29, 0.717) is 18.5 Å². The highest BCUT2D eigenvalue weighted by molar-refractivity contribution is 5.94. The Morgan fingerprint density at radius 1 is 1.45 bits per heavy atom. The number of rotatable bonds is 4. The van der Waals surface area contributed by atoms with Crippen molar-refractivity contribution in [2.24, 2.45) is 5.73 Å². The SMILES string of the molecule is N=C(N)c1ccc(C2CCNC(=O)N2CC(=O)O)cc1. The number of carbonyl (C=O) groups excluding carboxylic acids is 1. The molecule has 20 heavy (non-hydrogen) atoms. The average Bonchev–Trinajstić information content (AvgIpc) is 2.41. The molecule has 0 aromatic heterocycles. The van der Waals surface area contributed by atoms with Gasteiger partial charge in [0.2, 0.25) is 0 Å². The highest BCUT2D eigenvalue weighted by Crippen LogP contribution is 2.26. The number of hydrogen-bond donors (Lipinski definition) is 4. The molecule has 0 spiro atoms. The maximum atomic E-state index is 11.8. The zero-order valence-corrected chi connectivity index (χ0v) is 10.8. The van der Waals surface area contributed by atoms with Crippen molar-refractivity contribution in [2.45, 2.75) is 12.5 Å². The van der Waals surface area contributed by atoms with Crippen molar-refractivity contribution in [1.29, 1.82) is 5.41 Å². The van der Waals surface area contributed by atoms with Gasteiger partial charge in [0.25, 0.3) is 0 Å². The third kappa shape index (κ3) is 2.87. The summed E-state index contributed by atoms with van der Waals surface area (Å²) in [6, 6.07) is 6.29. The van der Waals surface area contributed by atoms with Gasteiger partial charge in [-0.2, -0.15) is 0 Å². The van der Waals surface area contributed by atoms with E-state index in [4.69, 9.17) is 16.2 Å². The first kappa shape index (κ1) is 13.9. The maximum absolute atomic E-state index is 11.8. The molecular weight excluding hydrogens is 260 g/mol. The molecule has 1 aliphatic rings. The standard InChI is InChI=1S/C13H16N4O3/c14-12(15)9-3-1-8(2-4-9)10-5-6-16-13(20)17(10)7-11(18)19/h1-4,10H,5-7H2,(H3,14,15)(H,16,20)(H,18,19). The van der Waals surface area contributed by atoms with Gasteiger partial charge in [-0.1, -0.05) is 24.3 Å². The normalized spacial score (nSPS) is 18.5. The van der Waals surface area contributed by atoms with Crippen LogP contribution in [0.25, 0.3) is 0 Å². The fraction of sp³-hybridized carbons (Fsp3) is 0.308. The average molecular weight is 276 g/mol. The molecule has 1 saturated heterocycles. The van der Waals surface area contributed by atoms with Crippen LogP contribution in [0.4, 0.5) is 4.79 Å². The Kier molecular flexibility index (Phi) is 3.88. The minimum absolute atomic E-state index is 0.0275. The van der Waals surface area contributed by atoms with Crippen molar-refractivity contribution in [3.05, 3.63) is 35.4 Å². The molecule has 7 heteroatoms. The summed E-state index contributed by atoms with van der Waals surface area (Å²) in [6.45, 7) is 0.166. The third-order valence-corrected chi connectivity index (χ3v) is 3.24. The molecule has 1 aromatic rings. The van der Waals surface area contributed by atoms with Crippen LogP contribution in [0.3, 0.4) is 0 Å². The zero-order valence-electron chi connectivity index (χ0n) is 10.8. The third-order valence-electron chi connectivity index (χ3n) is 3.24. The number of nitrogens with zero attached hydrogens (tertiary/aromatic N) is 1. The van der Waals surface area contributed by atoms with E-state index in [1.807, 2.05) is 0 Å². The lowest BCUT2D eigenvalue weighted by molar-refractivity contribution is -0.138. The Balaban J connectivity index is 2.25. The van der Waals surface area contributed by atoms with Gasteiger partial charge in [0, 0.05) is 12.1 Å². The summed E-state index contributed by atoms with van der Waals surface area (Å²) in [7, 11) is 0. The fourth-order valence-electron chi connectivity index (χ4n) is 2.27. The smallest absolute Gasteiger partial charge is 0.323 e. The van der Waals surface area contributed by atoms with E-state index in [1.54, 1.807) is 24.3 Å². The Bertz CT molecular complexity index is 541. The molecule has 0 bridgehead atoms. The van der Waals surface area contributed by atoms with Crippen LogP contribution in [0.15, 0.2) is 24.3 Å². The molecule has 2 rings (SSSR count). The second-order valence-electron chi connectivity index (χ2n) is 4.59. The van der Waals surface area contributed by atoms with E-state index in [0.717, 1.165) is 5.56 Å². The predicted octanol–water partition coefficient (Wildman–Crippen LogP) is 0.512. The quantitative estimate of drug-likeness (QED) is 0.473. The molecule has 1 unspecified atom stereocenters. The van der Waals surface area contributed by atoms with E-state index >= 15 is 0 Å². The summed E-state index contributed by atoms with van der Waals surface area (Å²) in [5, 5.41) is 18.9. The summed E-state index contributed by atoms with van der Waals surface area (Å²) in [5.41, 5.74) is 6.82. The van der Waals surface area contributed by atoms with Gasteiger partial charge in [0.15, 0.2) is 0 Å². The van der Waals surface area contributed by atoms with Gasteiger partial charge in [-0.3, -0.25) is 10.2 Å². The van der Waals surface area contributed by atoms with Crippen LogP contribution in [-0.4, -0.2) is 40.9 Å². The topological polar surface area (TPSA) is 120 Å². The summed E-state index contributed by atoms with van der Waals surface area (Å²) in [6.07, 6.45) is 0.637. The molecular formula is C13H16N4O3. The first-order valence-corrected chi connectivity index (χ1v) is 6.19. The van der Waals surface area contributed by atoms with Crippen LogP contribution in [0, 0.1) is 5.41 Å². The van der Waals surface area contributed by atoms with Crippen LogP contribution in [-0.2, 0) is 4.79 Å². The number of nitrogen functional groups attached to an aromatic ring is 1. The first-order valence-electron chi connectivity index (χ1n) is 6.19. The van der Waals surface area contributed by atoms with E-state index in [2.05, 4.69) is 5.32 Å². The molecule has 2 amide bonds. The Labute approximate surface area is 115 Å². The number of urea groups is 1. The lowest BCUT2D eigenvalue weighted by Crippen LogP contribution is -2.50. The number of nitrogens with one attached hydrogen (secondary N) is 2. The van der Waals surface area contributed by atoms with E-state index < -0.39 is 5.97 Å². The number of carbonyl (C=O) groups is 2. The van der Waals surface area contributed by atoms with Gasteiger partial charge in [0.05, 0.1) is 6.04 Å². The minimum atomic E-state index is -1.05. The number of nitrogens with two attached hydrogens (primary N) is 1. The van der Waals surface area contributed by atoms with Crippen molar-refractivity contribution in [3.63, 3.8) is 0 Å². The van der Waals surface area contributed by atoms with Gasteiger partial charge < -0.3 is 21.1 Å². The van der Waals surface area contributed by atoms with Crippen molar-refractivity contribution in [2.75, 3.05) is 13.1 Å². The molecule has 106 valence electrons. The maximum Gasteiger partial charge on any atom is 0.323 e. The van der Waals surface area contributed by atoms with Crippen LogP contribution in [0.5, 0.6) is 0 Å². The second kappa shape index (κ2) is 5.60. The highest BCUT2D eigenvalue weighted by Gasteiger charge is 2.30. The number of carboxylic acids is 1. The van der Waals surface area contributed by atoms with Gasteiger partial charge in [0.1, 0.15) is 12.4 Å². The second-order valence-corrected chi connectivity index (χ2v) is 4.59. The van der Waals surface area contributed by atoms with Crippen LogP contribution >= 0.6 is 0 Å². The van der Waals surface area contributed by atoms with Gasteiger partial charge in [-0.25, -0.2) is 4.79 Å². The molecule has 5 N–H and O–H groups in total. The van der Waals surface area contributed by atoms with Crippen molar-refractivity contribution in [3.8, 4) is 0 Å². The zero-order chi connectivity index (χ0) is 14.7. The van der Waals surface area contributed by atoms with E-state index in [9.17, 15) is 9.59 Å². The largest absolute Gasteiger partial charge is 0.480 e. The molecule has 1 heterocycles. The highest BCUT2D eigenvalue weighted by atomic mass is 16.4. The molecule has 0 aliphatic carbocycles. The number of amides is 2. The Hall–Kier alpha value is -2.57. The van der Waals surface area contributed by atoms with Crippen LogP contribution in [0.1, 0.15) is 23.6 Å². The first-order chi connectivity index (χ1) is 9.49. The molecule has 1 aromatic carbocycles. The molecule has 0 saturated carbocycles. The Morgan fingerprint density at radius 3 is 2.65 bits per heavy atom. The number of aliphatic carboxylic acids is 1. The fourth-order valence-corrected chi connectivity index (χ4v) is 2.27. The monoisotopic (exact) mass is 276 g/mol. The lowest BCUT2D eigenvalue weighted by atomic mass is 9.99. The molecule has 0 radical (unpaired) electrons.